The van der Waals surface area contributed by atoms with Crippen LogP contribution in [0, 0.1) is 17.0 Å². The smallest absolute Gasteiger partial charge is 0.262 e. The average molecular weight is 271 g/mol. The van der Waals surface area contributed by atoms with Gasteiger partial charge in [-0.2, -0.15) is 0 Å². The first kappa shape index (κ1) is 11.9. The lowest BCUT2D eigenvalue weighted by molar-refractivity contribution is -0.387. The number of rotatable bonds is 3. The molecule has 0 aliphatic carbocycles. The van der Waals surface area contributed by atoms with Crippen LogP contribution >= 0.6 is 23.4 Å². The fourth-order valence-corrected chi connectivity index (χ4v) is 2.20. The molecule has 0 amide bonds. The fourth-order valence-electron chi connectivity index (χ4n) is 1.19. The topological polar surface area (TPSA) is 84.7 Å². The van der Waals surface area contributed by atoms with Gasteiger partial charge in [-0.15, -0.1) is 5.10 Å². The zero-order chi connectivity index (χ0) is 12.4. The van der Waals surface area contributed by atoms with E-state index in [-0.39, 0.29) is 5.69 Å². The molecule has 1 aromatic heterocycles. The summed E-state index contributed by atoms with van der Waals surface area (Å²) in [5, 5.41) is 18.2. The summed E-state index contributed by atoms with van der Waals surface area (Å²) >= 11 is 6.84. The van der Waals surface area contributed by atoms with Gasteiger partial charge in [0.2, 0.25) is 5.16 Å². The average Bonchev–Trinajstić information content (AvgIpc) is 2.66. The molecule has 1 aromatic carbocycles. The lowest BCUT2D eigenvalue weighted by Crippen LogP contribution is -1.91. The second-order valence-corrected chi connectivity index (χ2v) is 4.62. The third-order valence-corrected chi connectivity index (χ3v) is 3.06. The van der Waals surface area contributed by atoms with Crippen molar-refractivity contribution in [3.63, 3.8) is 0 Å². The minimum absolute atomic E-state index is 0.0510. The summed E-state index contributed by atoms with van der Waals surface area (Å²) in [6.07, 6.45) is 0. The summed E-state index contributed by atoms with van der Waals surface area (Å²) < 4.78 is 0. The predicted octanol–water partition coefficient (Wildman–Crippen LogP) is 2.83. The van der Waals surface area contributed by atoms with Crippen LogP contribution in [0.15, 0.2) is 28.3 Å². The second kappa shape index (κ2) is 4.72. The maximum absolute atomic E-state index is 10.9. The number of aromatic nitrogens is 3. The quantitative estimate of drug-likeness (QED) is 0.685. The molecule has 0 radical (unpaired) electrons. The molecular formula is C9H7ClN4O2S. The molecule has 0 fully saturated rings. The summed E-state index contributed by atoms with van der Waals surface area (Å²) in [7, 11) is 0. The van der Waals surface area contributed by atoms with E-state index in [9.17, 15) is 10.1 Å². The molecule has 0 unspecified atom stereocenters. The molecule has 88 valence electrons. The van der Waals surface area contributed by atoms with Crippen molar-refractivity contribution in [2.24, 2.45) is 0 Å². The Bertz CT molecular complexity index is 572. The zero-order valence-corrected chi connectivity index (χ0v) is 10.2. The molecule has 2 aromatic rings. The number of nitro groups is 1. The number of halogens is 1. The molecular weight excluding hydrogens is 264 g/mol. The van der Waals surface area contributed by atoms with Gasteiger partial charge in [-0.25, -0.2) is 4.98 Å². The highest BCUT2D eigenvalue weighted by molar-refractivity contribution is 7.99. The minimum atomic E-state index is -0.478. The molecule has 0 atom stereocenters. The molecule has 1 N–H and O–H groups in total. The second-order valence-electron chi connectivity index (χ2n) is 3.17. The van der Waals surface area contributed by atoms with E-state index in [4.69, 9.17) is 11.6 Å². The van der Waals surface area contributed by atoms with E-state index in [1.54, 1.807) is 19.1 Å². The van der Waals surface area contributed by atoms with Crippen molar-refractivity contribution in [3.05, 3.63) is 39.2 Å². The Morgan fingerprint density at radius 3 is 2.88 bits per heavy atom. The van der Waals surface area contributed by atoms with Crippen LogP contribution in [0.3, 0.4) is 0 Å². The van der Waals surface area contributed by atoms with Gasteiger partial charge in [-0.1, -0.05) is 11.6 Å². The van der Waals surface area contributed by atoms with Gasteiger partial charge < -0.3 is 0 Å². The highest BCUT2D eigenvalue weighted by Crippen LogP contribution is 2.34. The van der Waals surface area contributed by atoms with Gasteiger partial charge in [0.1, 0.15) is 5.82 Å². The Hall–Kier alpha value is -1.60. The summed E-state index contributed by atoms with van der Waals surface area (Å²) in [5.74, 6) is 0.657. The maximum atomic E-state index is 10.9. The van der Waals surface area contributed by atoms with Crippen LogP contribution in [0.2, 0.25) is 5.02 Å². The normalized spacial score (nSPS) is 10.5. The Morgan fingerprint density at radius 1 is 1.53 bits per heavy atom. The molecule has 2 rings (SSSR count). The molecule has 0 aliphatic heterocycles. The highest BCUT2D eigenvalue weighted by Gasteiger charge is 2.16. The van der Waals surface area contributed by atoms with E-state index in [2.05, 4.69) is 15.2 Å². The van der Waals surface area contributed by atoms with Gasteiger partial charge >= 0.3 is 0 Å². The standard InChI is InChI=1S/C9H7ClN4O2S/c1-5-11-9(13-12-5)17-8-3-2-6(10)4-7(8)14(15)16/h2-4H,1H3,(H,11,12,13). The number of H-pyrrole nitrogens is 1. The lowest BCUT2D eigenvalue weighted by Gasteiger charge is -1.99. The van der Waals surface area contributed by atoms with E-state index in [1.807, 2.05) is 0 Å². The maximum Gasteiger partial charge on any atom is 0.284 e. The monoisotopic (exact) mass is 270 g/mol. The zero-order valence-electron chi connectivity index (χ0n) is 8.68. The Labute approximate surface area is 106 Å². The van der Waals surface area contributed by atoms with Gasteiger partial charge in [0, 0.05) is 11.1 Å². The third-order valence-electron chi connectivity index (χ3n) is 1.90. The van der Waals surface area contributed by atoms with Gasteiger partial charge in [0.25, 0.3) is 5.69 Å². The van der Waals surface area contributed by atoms with Crippen molar-refractivity contribution < 1.29 is 4.92 Å². The summed E-state index contributed by atoms with van der Waals surface area (Å²) in [4.78, 5) is 14.9. The first-order chi connectivity index (χ1) is 8.06. The van der Waals surface area contributed by atoms with E-state index in [0.717, 1.165) is 11.8 Å². The summed E-state index contributed by atoms with van der Waals surface area (Å²) in [6.45, 7) is 1.76. The molecule has 1 heterocycles. The highest BCUT2D eigenvalue weighted by atomic mass is 35.5. The van der Waals surface area contributed by atoms with Gasteiger partial charge in [0.05, 0.1) is 9.82 Å². The summed E-state index contributed by atoms with van der Waals surface area (Å²) in [6, 6.07) is 4.48. The number of nitrogens with zero attached hydrogens (tertiary/aromatic N) is 3. The van der Waals surface area contributed by atoms with E-state index in [0.29, 0.717) is 20.9 Å². The molecule has 0 bridgehead atoms. The number of hydrogen-bond donors (Lipinski definition) is 1. The van der Waals surface area contributed by atoms with Crippen molar-refractivity contribution in [2.45, 2.75) is 17.0 Å². The van der Waals surface area contributed by atoms with Crippen LogP contribution in [0.5, 0.6) is 0 Å². The van der Waals surface area contributed by atoms with Crippen molar-refractivity contribution in [1.29, 1.82) is 0 Å². The van der Waals surface area contributed by atoms with Crippen molar-refractivity contribution >= 4 is 29.1 Å². The SMILES string of the molecule is Cc1nc(Sc2ccc(Cl)cc2[N+](=O)[O-])n[nH]1. The molecule has 8 heteroatoms. The van der Waals surface area contributed by atoms with Crippen LogP contribution in [0.1, 0.15) is 5.82 Å². The number of nitrogens with one attached hydrogen (secondary N) is 1. The Morgan fingerprint density at radius 2 is 2.29 bits per heavy atom. The van der Waals surface area contributed by atoms with Crippen LogP contribution in [0.4, 0.5) is 5.69 Å². The van der Waals surface area contributed by atoms with Gasteiger partial charge in [-0.3, -0.25) is 15.2 Å². The Balaban J connectivity index is 2.35. The Kier molecular flexibility index (Phi) is 3.30. The first-order valence-corrected chi connectivity index (χ1v) is 5.76. The lowest BCUT2D eigenvalue weighted by atomic mass is 10.3. The number of benzene rings is 1. The molecule has 0 saturated carbocycles. The third kappa shape index (κ3) is 2.75. The number of aromatic amines is 1. The molecule has 0 aliphatic rings. The number of hydrogen-bond acceptors (Lipinski definition) is 5. The van der Waals surface area contributed by atoms with E-state index in [1.165, 1.54) is 6.07 Å². The molecule has 0 saturated heterocycles. The van der Waals surface area contributed by atoms with E-state index >= 15 is 0 Å². The predicted molar refractivity (Wildman–Crippen MR) is 63.3 cm³/mol. The molecule has 0 spiro atoms. The van der Waals surface area contributed by atoms with Crippen LogP contribution < -0.4 is 0 Å². The number of nitro benzene ring substituents is 1. The van der Waals surface area contributed by atoms with Crippen molar-refractivity contribution in [1.82, 2.24) is 15.2 Å². The van der Waals surface area contributed by atoms with Gasteiger partial charge in [0.15, 0.2) is 0 Å². The van der Waals surface area contributed by atoms with Crippen LogP contribution in [0.25, 0.3) is 0 Å². The molecule has 6 nitrogen and oxygen atoms in total. The number of aryl methyl sites for hydroxylation is 1. The van der Waals surface area contributed by atoms with Crippen molar-refractivity contribution in [3.8, 4) is 0 Å². The van der Waals surface area contributed by atoms with E-state index < -0.39 is 4.92 Å². The largest absolute Gasteiger partial charge is 0.284 e. The summed E-state index contributed by atoms with van der Waals surface area (Å²) in [5.41, 5.74) is -0.0510. The fraction of sp³-hybridized carbons (Fsp3) is 0.111. The molecule has 17 heavy (non-hydrogen) atoms. The van der Waals surface area contributed by atoms with Crippen LogP contribution in [-0.2, 0) is 0 Å². The first-order valence-electron chi connectivity index (χ1n) is 4.57. The van der Waals surface area contributed by atoms with Gasteiger partial charge in [-0.05, 0) is 30.8 Å². The van der Waals surface area contributed by atoms with Crippen molar-refractivity contribution in [2.75, 3.05) is 0 Å². The minimum Gasteiger partial charge on any atom is -0.262 e. The van der Waals surface area contributed by atoms with Crippen LogP contribution in [-0.4, -0.2) is 20.1 Å².